The van der Waals surface area contributed by atoms with Crippen LogP contribution in [0.1, 0.15) is 15.9 Å². The topological polar surface area (TPSA) is 130 Å². The molecule has 1 aromatic heterocycles. The van der Waals surface area contributed by atoms with Crippen LogP contribution in [0.2, 0.25) is 10.0 Å². The third-order valence-electron chi connectivity index (χ3n) is 6.47. The molecule has 47 heavy (non-hydrogen) atoms. The van der Waals surface area contributed by atoms with Crippen molar-refractivity contribution in [3.8, 4) is 22.8 Å². The maximum Gasteiger partial charge on any atom is 0.272 e. The number of carbonyl (C=O) groups excluding carboxylic acids is 3. The van der Waals surface area contributed by atoms with Crippen molar-refractivity contribution < 1.29 is 24.2 Å². The van der Waals surface area contributed by atoms with Gasteiger partial charge in [0.05, 0.1) is 28.6 Å². The number of phenolic OH excluding ortho intramolecular Hbond substituents is 1. The molecule has 3 amide bonds. The molecule has 1 heterocycles. The SMILES string of the molecule is COc1cc(O)ccc1/C=C(/NC(=O)c1ccccc1)C(=O)Nc1cccc(SCC(=O)Nc2nc(-c3ccc(Cl)c(Cl)c3)cs2)c1. The van der Waals surface area contributed by atoms with Crippen LogP contribution < -0.4 is 20.7 Å². The average molecular weight is 706 g/mol. The Kier molecular flexibility index (Phi) is 11.2. The van der Waals surface area contributed by atoms with Gasteiger partial charge in [-0.2, -0.15) is 0 Å². The molecule has 4 N–H and O–H groups in total. The van der Waals surface area contributed by atoms with Gasteiger partial charge in [-0.15, -0.1) is 23.1 Å². The number of amides is 3. The highest BCUT2D eigenvalue weighted by Gasteiger charge is 2.17. The summed E-state index contributed by atoms with van der Waals surface area (Å²) in [5.74, 6) is -0.936. The summed E-state index contributed by atoms with van der Waals surface area (Å²) in [4.78, 5) is 44.4. The first kappa shape index (κ1) is 33.6. The summed E-state index contributed by atoms with van der Waals surface area (Å²) in [6.45, 7) is 0. The van der Waals surface area contributed by atoms with Crippen molar-refractivity contribution in [1.29, 1.82) is 0 Å². The summed E-state index contributed by atoms with van der Waals surface area (Å²) in [6, 6.07) is 25.1. The molecule has 0 saturated carbocycles. The molecule has 0 radical (unpaired) electrons. The fraction of sp³-hybridized carbons (Fsp3) is 0.0588. The van der Waals surface area contributed by atoms with E-state index in [0.29, 0.717) is 43.4 Å². The Morgan fingerprint density at radius 1 is 0.936 bits per heavy atom. The van der Waals surface area contributed by atoms with Crippen LogP contribution in [0.4, 0.5) is 10.8 Å². The minimum absolute atomic E-state index is 0.0129. The number of phenols is 1. The molecule has 0 aliphatic carbocycles. The van der Waals surface area contributed by atoms with Gasteiger partial charge in [-0.05, 0) is 60.7 Å². The highest BCUT2D eigenvalue weighted by Crippen LogP contribution is 2.31. The smallest absolute Gasteiger partial charge is 0.272 e. The number of hydrogen-bond acceptors (Lipinski definition) is 8. The van der Waals surface area contributed by atoms with Crippen LogP contribution in [0.25, 0.3) is 17.3 Å². The molecule has 0 aliphatic rings. The zero-order chi connectivity index (χ0) is 33.3. The number of aromatic nitrogens is 1. The van der Waals surface area contributed by atoms with E-state index >= 15 is 0 Å². The Hall–Kier alpha value is -4.81. The zero-order valence-corrected chi connectivity index (χ0v) is 27.8. The van der Waals surface area contributed by atoms with Gasteiger partial charge in [-0.3, -0.25) is 14.4 Å². The van der Waals surface area contributed by atoms with E-state index in [9.17, 15) is 19.5 Å². The maximum absolute atomic E-state index is 13.5. The van der Waals surface area contributed by atoms with Gasteiger partial charge in [-0.1, -0.05) is 53.5 Å². The van der Waals surface area contributed by atoms with Crippen molar-refractivity contribution >= 4 is 80.9 Å². The lowest BCUT2D eigenvalue weighted by molar-refractivity contribution is -0.114. The number of nitrogens with zero attached hydrogens (tertiary/aromatic N) is 1. The van der Waals surface area contributed by atoms with Crippen LogP contribution in [0.3, 0.4) is 0 Å². The molecule has 13 heteroatoms. The number of carbonyl (C=O) groups is 3. The lowest BCUT2D eigenvalue weighted by atomic mass is 10.1. The normalized spacial score (nSPS) is 11.1. The Bertz CT molecular complexity index is 1970. The van der Waals surface area contributed by atoms with Crippen molar-refractivity contribution in [1.82, 2.24) is 10.3 Å². The zero-order valence-electron chi connectivity index (χ0n) is 24.6. The van der Waals surface area contributed by atoms with Crippen LogP contribution in [0, 0.1) is 0 Å². The molecule has 0 spiro atoms. The second kappa shape index (κ2) is 15.7. The maximum atomic E-state index is 13.5. The van der Waals surface area contributed by atoms with Crippen LogP contribution in [0.15, 0.2) is 107 Å². The van der Waals surface area contributed by atoms with Gasteiger partial charge in [0.25, 0.3) is 11.8 Å². The standard InChI is InChI=1S/C34H26Cl2N4O5S2/c1-45-30-17-24(41)12-10-22(30)15-28(38-32(43)20-6-3-2-4-7-20)33(44)37-23-8-5-9-25(16-23)46-19-31(42)40-34-39-29(18-47-34)21-11-13-26(35)27(36)14-21/h2-18,41H,19H2,1H3,(H,37,44)(H,38,43)(H,39,40,42)/b28-15+. The molecule has 0 bridgehead atoms. The highest BCUT2D eigenvalue weighted by atomic mass is 35.5. The van der Waals surface area contributed by atoms with Gasteiger partial charge >= 0.3 is 0 Å². The Labute approximate surface area is 288 Å². The Balaban J connectivity index is 1.25. The third kappa shape index (κ3) is 9.14. The van der Waals surface area contributed by atoms with E-state index in [1.54, 1.807) is 72.8 Å². The molecule has 0 fully saturated rings. The predicted octanol–water partition coefficient (Wildman–Crippen LogP) is 7.97. The summed E-state index contributed by atoms with van der Waals surface area (Å²) < 4.78 is 5.35. The molecule has 0 saturated heterocycles. The third-order valence-corrected chi connectivity index (χ3v) is 8.96. The van der Waals surface area contributed by atoms with Crippen molar-refractivity contribution in [3.63, 3.8) is 0 Å². The second-order valence-corrected chi connectivity index (χ2v) is 12.5. The minimum Gasteiger partial charge on any atom is -0.508 e. The molecule has 4 aromatic carbocycles. The number of nitrogens with one attached hydrogen (secondary N) is 3. The van der Waals surface area contributed by atoms with Gasteiger partial charge in [0.1, 0.15) is 17.2 Å². The Morgan fingerprint density at radius 3 is 2.51 bits per heavy atom. The molecule has 9 nitrogen and oxygen atoms in total. The van der Waals surface area contributed by atoms with E-state index in [-0.39, 0.29) is 23.1 Å². The summed E-state index contributed by atoms with van der Waals surface area (Å²) in [6.07, 6.45) is 1.46. The first-order chi connectivity index (χ1) is 22.7. The van der Waals surface area contributed by atoms with Crippen LogP contribution in [0.5, 0.6) is 11.5 Å². The number of halogens is 2. The quantitative estimate of drug-likeness (QED) is 0.0811. The summed E-state index contributed by atoms with van der Waals surface area (Å²) >= 11 is 14.7. The number of methoxy groups -OCH3 is 1. The van der Waals surface area contributed by atoms with E-state index in [0.717, 1.165) is 10.5 Å². The monoisotopic (exact) mass is 704 g/mol. The first-order valence-corrected chi connectivity index (χ1v) is 16.5. The lowest BCUT2D eigenvalue weighted by Gasteiger charge is -2.13. The van der Waals surface area contributed by atoms with Crippen LogP contribution in [-0.4, -0.2) is 40.7 Å². The summed E-state index contributed by atoms with van der Waals surface area (Å²) in [5.41, 5.74) is 2.67. The predicted molar refractivity (Wildman–Crippen MR) is 189 cm³/mol. The summed E-state index contributed by atoms with van der Waals surface area (Å²) in [7, 11) is 1.43. The summed E-state index contributed by atoms with van der Waals surface area (Å²) in [5, 5.41) is 21.3. The second-order valence-electron chi connectivity index (χ2n) is 9.79. The lowest BCUT2D eigenvalue weighted by Crippen LogP contribution is -2.30. The number of rotatable bonds is 11. The van der Waals surface area contributed by atoms with E-state index in [2.05, 4.69) is 20.9 Å². The number of aromatic hydroxyl groups is 1. The van der Waals surface area contributed by atoms with Crippen LogP contribution >= 0.6 is 46.3 Å². The number of benzene rings is 4. The van der Waals surface area contributed by atoms with Crippen molar-refractivity contribution in [3.05, 3.63) is 123 Å². The van der Waals surface area contributed by atoms with Crippen molar-refractivity contribution in [2.75, 3.05) is 23.5 Å². The van der Waals surface area contributed by atoms with E-state index in [1.165, 1.54) is 48.4 Å². The molecule has 0 aliphatic heterocycles. The van der Waals surface area contributed by atoms with Gasteiger partial charge < -0.3 is 25.8 Å². The van der Waals surface area contributed by atoms with Gasteiger partial charge in [0.15, 0.2) is 5.13 Å². The van der Waals surface area contributed by atoms with Crippen molar-refractivity contribution in [2.45, 2.75) is 4.90 Å². The molecular formula is C34H26Cl2N4O5S2. The largest absolute Gasteiger partial charge is 0.508 e. The van der Waals surface area contributed by atoms with Gasteiger partial charge in [0.2, 0.25) is 5.91 Å². The molecule has 0 unspecified atom stereocenters. The van der Waals surface area contributed by atoms with Crippen molar-refractivity contribution in [2.24, 2.45) is 0 Å². The van der Waals surface area contributed by atoms with Gasteiger partial charge in [0, 0.05) is 38.7 Å². The Morgan fingerprint density at radius 2 is 1.74 bits per heavy atom. The molecular weight excluding hydrogens is 679 g/mol. The first-order valence-electron chi connectivity index (χ1n) is 13.9. The molecule has 238 valence electrons. The number of hydrogen-bond donors (Lipinski definition) is 4. The number of thioether (sulfide) groups is 1. The van der Waals surface area contributed by atoms with E-state index in [1.807, 2.05) is 11.4 Å². The molecule has 0 atom stereocenters. The van der Waals surface area contributed by atoms with Gasteiger partial charge in [-0.25, -0.2) is 4.98 Å². The minimum atomic E-state index is -0.592. The number of thiazole rings is 1. The van der Waals surface area contributed by atoms with Crippen LogP contribution in [-0.2, 0) is 9.59 Å². The van der Waals surface area contributed by atoms with E-state index < -0.39 is 11.8 Å². The number of anilines is 2. The average Bonchev–Trinajstić information content (AvgIpc) is 3.54. The number of ether oxygens (including phenoxy) is 1. The molecule has 5 aromatic rings. The molecule has 5 rings (SSSR count). The fourth-order valence-corrected chi connectivity index (χ4v) is 5.99. The fourth-order valence-electron chi connectivity index (χ4n) is 4.20. The highest BCUT2D eigenvalue weighted by molar-refractivity contribution is 8.00. The van der Waals surface area contributed by atoms with E-state index in [4.69, 9.17) is 27.9 Å².